The summed E-state index contributed by atoms with van der Waals surface area (Å²) in [5.74, 6) is -1.98. The monoisotopic (exact) mass is 342 g/mol. The molecule has 0 aliphatic carbocycles. The Kier molecular flexibility index (Phi) is 4.80. The first-order chi connectivity index (χ1) is 10.3. The number of carboxylic acid groups (broad SMARTS) is 1. The summed E-state index contributed by atoms with van der Waals surface area (Å²) in [6, 6.07) is 3.99. The van der Waals surface area contributed by atoms with Crippen LogP contribution in [0.25, 0.3) is 0 Å². The summed E-state index contributed by atoms with van der Waals surface area (Å²) < 4.78 is 30.0. The molecule has 0 spiro atoms. The van der Waals surface area contributed by atoms with Crippen LogP contribution in [-0.4, -0.2) is 34.9 Å². The molecule has 1 heterocycles. The quantitative estimate of drug-likeness (QED) is 0.541. The van der Waals surface area contributed by atoms with Crippen molar-refractivity contribution >= 4 is 43.9 Å². The normalized spacial score (nSPS) is 11.7. The summed E-state index contributed by atoms with van der Waals surface area (Å²) >= 11 is 1.24. The first-order valence-electron chi connectivity index (χ1n) is 5.73. The predicted molar refractivity (Wildman–Crippen MR) is 79.7 cm³/mol. The first kappa shape index (κ1) is 16.0. The Morgan fingerprint density at radius 1 is 1.36 bits per heavy atom. The van der Waals surface area contributed by atoms with Crippen molar-refractivity contribution in [2.24, 2.45) is 10.2 Å². The molecule has 0 unspecified atom stereocenters. The Morgan fingerprint density at radius 3 is 2.73 bits per heavy atom. The van der Waals surface area contributed by atoms with Crippen molar-refractivity contribution < 1.29 is 22.9 Å². The van der Waals surface area contributed by atoms with Crippen LogP contribution in [0.3, 0.4) is 0 Å². The highest BCUT2D eigenvalue weighted by molar-refractivity contribution is 7.85. The SMILES string of the molecule is O=C(O)c1cc(NCS(=O)(=O)O)ccc1N=Nc1nccs1. The molecule has 0 radical (unpaired) electrons. The van der Waals surface area contributed by atoms with Crippen LogP contribution in [0, 0.1) is 0 Å². The first-order valence-corrected chi connectivity index (χ1v) is 8.21. The molecule has 0 bridgehead atoms. The molecular formula is C11H10N4O5S2. The summed E-state index contributed by atoms with van der Waals surface area (Å²) in [5.41, 5.74) is 0.143. The minimum Gasteiger partial charge on any atom is -0.478 e. The van der Waals surface area contributed by atoms with Gasteiger partial charge in [0.05, 0.1) is 5.56 Å². The van der Waals surface area contributed by atoms with Crippen molar-refractivity contribution in [3.8, 4) is 0 Å². The van der Waals surface area contributed by atoms with Crippen molar-refractivity contribution in [3.05, 3.63) is 35.3 Å². The largest absolute Gasteiger partial charge is 0.478 e. The summed E-state index contributed by atoms with van der Waals surface area (Å²) in [4.78, 5) is 15.1. The Hall–Kier alpha value is -2.37. The number of benzene rings is 1. The summed E-state index contributed by atoms with van der Waals surface area (Å²) in [5, 5.41) is 21.3. The van der Waals surface area contributed by atoms with Crippen LogP contribution >= 0.6 is 11.3 Å². The van der Waals surface area contributed by atoms with E-state index in [1.165, 1.54) is 29.5 Å². The molecule has 116 valence electrons. The van der Waals surface area contributed by atoms with Gasteiger partial charge >= 0.3 is 5.97 Å². The number of azo groups is 1. The zero-order valence-electron chi connectivity index (χ0n) is 10.9. The van der Waals surface area contributed by atoms with E-state index in [1.54, 1.807) is 11.6 Å². The van der Waals surface area contributed by atoms with Crippen molar-refractivity contribution in [3.63, 3.8) is 0 Å². The number of aromatic nitrogens is 1. The van der Waals surface area contributed by atoms with E-state index in [0.29, 0.717) is 5.13 Å². The van der Waals surface area contributed by atoms with E-state index in [4.69, 9.17) is 9.66 Å². The lowest BCUT2D eigenvalue weighted by Gasteiger charge is -2.06. The zero-order valence-corrected chi connectivity index (χ0v) is 12.5. The van der Waals surface area contributed by atoms with E-state index < -0.39 is 22.0 Å². The van der Waals surface area contributed by atoms with Crippen LogP contribution in [-0.2, 0) is 10.1 Å². The fraction of sp³-hybridized carbons (Fsp3) is 0.0909. The molecule has 22 heavy (non-hydrogen) atoms. The highest BCUT2D eigenvalue weighted by atomic mass is 32.2. The highest BCUT2D eigenvalue weighted by Crippen LogP contribution is 2.26. The molecule has 2 aromatic rings. The van der Waals surface area contributed by atoms with Gasteiger partial charge < -0.3 is 10.4 Å². The molecule has 0 saturated carbocycles. The van der Waals surface area contributed by atoms with Crippen LogP contribution in [0.1, 0.15) is 10.4 Å². The maximum absolute atomic E-state index is 11.2. The van der Waals surface area contributed by atoms with Crippen molar-refractivity contribution in [2.45, 2.75) is 0 Å². The molecular weight excluding hydrogens is 332 g/mol. The maximum atomic E-state index is 11.2. The van der Waals surface area contributed by atoms with E-state index >= 15 is 0 Å². The van der Waals surface area contributed by atoms with Crippen LogP contribution < -0.4 is 5.32 Å². The molecule has 3 N–H and O–H groups in total. The summed E-state index contributed by atoms with van der Waals surface area (Å²) in [7, 11) is -4.21. The van der Waals surface area contributed by atoms with Gasteiger partial charge in [0.25, 0.3) is 10.1 Å². The van der Waals surface area contributed by atoms with E-state index in [2.05, 4.69) is 20.5 Å². The Labute approximate surface area is 129 Å². The van der Waals surface area contributed by atoms with Gasteiger partial charge in [-0.1, -0.05) is 0 Å². The molecule has 0 fully saturated rings. The number of aromatic carboxylic acids is 1. The average Bonchev–Trinajstić information content (AvgIpc) is 2.95. The standard InChI is InChI=1S/C11H10N4O5S2/c16-10(17)8-5-7(13-6-22(18,19)20)1-2-9(8)14-15-11-12-3-4-21-11/h1-5,13H,6H2,(H,16,17)(H,18,19,20). The molecule has 11 heteroatoms. The zero-order chi connectivity index (χ0) is 16.2. The van der Waals surface area contributed by atoms with Crippen LogP contribution in [0.4, 0.5) is 16.5 Å². The molecule has 0 aliphatic rings. The second-order valence-electron chi connectivity index (χ2n) is 3.95. The van der Waals surface area contributed by atoms with Gasteiger partial charge in [-0.25, -0.2) is 9.78 Å². The van der Waals surface area contributed by atoms with Crippen molar-refractivity contribution in [2.75, 3.05) is 11.2 Å². The number of hydrogen-bond donors (Lipinski definition) is 3. The number of carboxylic acids is 1. The number of rotatable bonds is 6. The third-order valence-electron chi connectivity index (χ3n) is 2.35. The minimum absolute atomic E-state index is 0.0973. The van der Waals surface area contributed by atoms with E-state index in [1.807, 2.05) is 0 Å². The van der Waals surface area contributed by atoms with Gasteiger partial charge in [-0.2, -0.15) is 8.42 Å². The van der Waals surface area contributed by atoms with Crippen molar-refractivity contribution in [1.29, 1.82) is 0 Å². The smallest absolute Gasteiger partial charge is 0.338 e. The fourth-order valence-electron chi connectivity index (χ4n) is 1.44. The van der Waals surface area contributed by atoms with Gasteiger partial charge in [0.2, 0.25) is 5.13 Å². The minimum atomic E-state index is -4.21. The van der Waals surface area contributed by atoms with Gasteiger partial charge in [0, 0.05) is 17.3 Å². The highest BCUT2D eigenvalue weighted by Gasteiger charge is 2.12. The second-order valence-corrected chi connectivity index (χ2v) is 6.28. The third-order valence-corrected chi connectivity index (χ3v) is 3.51. The van der Waals surface area contributed by atoms with Gasteiger partial charge in [0.15, 0.2) is 0 Å². The lowest BCUT2D eigenvalue weighted by atomic mass is 10.1. The van der Waals surface area contributed by atoms with Gasteiger partial charge in [0.1, 0.15) is 11.6 Å². The number of carbonyl (C=O) groups is 1. The van der Waals surface area contributed by atoms with E-state index in [9.17, 15) is 13.2 Å². The van der Waals surface area contributed by atoms with Crippen LogP contribution in [0.2, 0.25) is 0 Å². The van der Waals surface area contributed by atoms with E-state index in [0.717, 1.165) is 0 Å². The molecule has 1 aromatic heterocycles. The average molecular weight is 342 g/mol. The number of nitrogens with zero attached hydrogens (tertiary/aromatic N) is 3. The molecule has 1 aromatic carbocycles. The molecule has 0 amide bonds. The van der Waals surface area contributed by atoms with E-state index in [-0.39, 0.29) is 16.9 Å². The summed E-state index contributed by atoms with van der Waals surface area (Å²) in [6.45, 7) is 0. The molecule has 2 rings (SSSR count). The fourth-order valence-corrected chi connectivity index (χ4v) is 2.24. The molecule has 9 nitrogen and oxygen atoms in total. The lowest BCUT2D eigenvalue weighted by Crippen LogP contribution is -2.13. The number of nitrogens with one attached hydrogen (secondary N) is 1. The lowest BCUT2D eigenvalue weighted by molar-refractivity contribution is 0.0698. The number of hydrogen-bond acceptors (Lipinski definition) is 8. The molecule has 0 atom stereocenters. The number of anilines is 1. The van der Waals surface area contributed by atoms with Crippen molar-refractivity contribution in [1.82, 2.24) is 4.98 Å². The predicted octanol–water partition coefficient (Wildman–Crippen LogP) is 2.51. The Bertz CT molecular complexity index is 802. The third kappa shape index (κ3) is 4.58. The van der Waals surface area contributed by atoms with Crippen LogP contribution in [0.15, 0.2) is 40.0 Å². The van der Waals surface area contributed by atoms with Crippen LogP contribution in [0.5, 0.6) is 0 Å². The van der Waals surface area contributed by atoms with Gasteiger partial charge in [-0.05, 0) is 18.2 Å². The molecule has 0 aliphatic heterocycles. The van der Waals surface area contributed by atoms with Gasteiger partial charge in [-0.3, -0.25) is 4.55 Å². The second kappa shape index (κ2) is 6.60. The topological polar surface area (TPSA) is 141 Å². The van der Waals surface area contributed by atoms with Gasteiger partial charge in [-0.15, -0.1) is 21.6 Å². The Balaban J connectivity index is 2.25. The maximum Gasteiger partial charge on any atom is 0.338 e. The molecule has 0 saturated heterocycles. The summed E-state index contributed by atoms with van der Waals surface area (Å²) in [6.07, 6.45) is 1.54. The number of thiazole rings is 1. The Morgan fingerprint density at radius 2 is 2.14 bits per heavy atom.